The molecule has 0 aromatic carbocycles. The molecule has 0 saturated carbocycles. The predicted octanol–water partition coefficient (Wildman–Crippen LogP) is 3.98. The Bertz CT molecular complexity index is 925. The average molecular weight is 390 g/mol. The SMILES string of the molecule is CC(C)(C)OC(=O)N1CCCC(c2nc3sc4c(c3c(=O)[nH]2)CCCC4)C1. The Balaban J connectivity index is 1.60. The number of carbonyl (C=O) groups is 1. The van der Waals surface area contributed by atoms with Crippen LogP contribution in [-0.4, -0.2) is 39.7 Å². The number of amides is 1. The molecular weight excluding hydrogens is 362 g/mol. The first-order valence-corrected chi connectivity index (χ1v) is 10.7. The Kier molecular flexibility index (Phi) is 4.74. The number of hydrogen-bond acceptors (Lipinski definition) is 5. The number of aryl methyl sites for hydroxylation is 2. The zero-order valence-corrected chi connectivity index (χ0v) is 17.1. The number of piperidine rings is 1. The van der Waals surface area contributed by atoms with Gasteiger partial charge < -0.3 is 14.6 Å². The molecule has 4 rings (SSSR count). The normalized spacial score (nSPS) is 20.6. The fraction of sp³-hybridized carbons (Fsp3) is 0.650. The summed E-state index contributed by atoms with van der Waals surface area (Å²) in [6.45, 7) is 6.84. The van der Waals surface area contributed by atoms with E-state index in [1.54, 1.807) is 16.2 Å². The van der Waals surface area contributed by atoms with E-state index in [9.17, 15) is 9.59 Å². The molecule has 1 unspecified atom stereocenters. The molecule has 2 aromatic heterocycles. The highest BCUT2D eigenvalue weighted by Crippen LogP contribution is 2.34. The van der Waals surface area contributed by atoms with Crippen molar-refractivity contribution in [3.63, 3.8) is 0 Å². The fourth-order valence-electron chi connectivity index (χ4n) is 4.07. The minimum Gasteiger partial charge on any atom is -0.444 e. The van der Waals surface area contributed by atoms with Crippen LogP contribution in [0.25, 0.3) is 10.2 Å². The summed E-state index contributed by atoms with van der Waals surface area (Å²) < 4.78 is 5.51. The lowest BCUT2D eigenvalue weighted by Gasteiger charge is -2.33. The van der Waals surface area contributed by atoms with E-state index >= 15 is 0 Å². The van der Waals surface area contributed by atoms with Gasteiger partial charge in [0.15, 0.2) is 0 Å². The standard InChI is InChI=1S/C20H27N3O3S/c1-20(2,3)26-19(25)23-10-6-7-12(11-23)16-21-17(24)15-13-8-4-5-9-14(13)27-18(15)22-16/h12H,4-11H2,1-3H3,(H,21,22,24). The second-order valence-corrected chi connectivity index (χ2v) is 9.69. The summed E-state index contributed by atoms with van der Waals surface area (Å²) in [5.41, 5.74) is 0.676. The third kappa shape index (κ3) is 3.74. The summed E-state index contributed by atoms with van der Waals surface area (Å²) in [7, 11) is 0. The van der Waals surface area contributed by atoms with Crippen molar-refractivity contribution >= 4 is 27.6 Å². The lowest BCUT2D eigenvalue weighted by Crippen LogP contribution is -2.42. The topological polar surface area (TPSA) is 75.3 Å². The van der Waals surface area contributed by atoms with Gasteiger partial charge in [-0.1, -0.05) is 0 Å². The molecule has 2 aromatic rings. The molecule has 1 atom stereocenters. The van der Waals surface area contributed by atoms with Gasteiger partial charge in [0, 0.05) is 23.9 Å². The number of H-pyrrole nitrogens is 1. The smallest absolute Gasteiger partial charge is 0.410 e. The number of aromatic nitrogens is 2. The number of nitrogens with one attached hydrogen (secondary N) is 1. The van der Waals surface area contributed by atoms with Gasteiger partial charge in [-0.05, 0) is 64.9 Å². The van der Waals surface area contributed by atoms with E-state index in [1.807, 2.05) is 20.8 Å². The van der Waals surface area contributed by atoms with Gasteiger partial charge >= 0.3 is 6.09 Å². The molecule has 0 radical (unpaired) electrons. The zero-order valence-electron chi connectivity index (χ0n) is 16.3. The minimum absolute atomic E-state index is 0.0243. The molecule has 1 fully saturated rings. The first-order chi connectivity index (χ1) is 12.8. The van der Waals surface area contributed by atoms with Gasteiger partial charge in [0.25, 0.3) is 5.56 Å². The Labute approximate surface area is 162 Å². The average Bonchev–Trinajstić information content (AvgIpc) is 2.99. The fourth-order valence-corrected chi connectivity index (χ4v) is 5.34. The summed E-state index contributed by atoms with van der Waals surface area (Å²) in [4.78, 5) is 37.0. The van der Waals surface area contributed by atoms with Crippen LogP contribution in [-0.2, 0) is 17.6 Å². The Morgan fingerprint density at radius 3 is 2.81 bits per heavy atom. The largest absolute Gasteiger partial charge is 0.444 e. The van der Waals surface area contributed by atoms with Crippen LogP contribution in [0.4, 0.5) is 4.79 Å². The van der Waals surface area contributed by atoms with E-state index in [0.29, 0.717) is 18.9 Å². The number of fused-ring (bicyclic) bond motifs is 3. The number of nitrogens with zero attached hydrogens (tertiary/aromatic N) is 2. The Morgan fingerprint density at radius 2 is 2.04 bits per heavy atom. The van der Waals surface area contributed by atoms with Gasteiger partial charge in [-0.3, -0.25) is 4.79 Å². The number of thiophene rings is 1. The van der Waals surface area contributed by atoms with Crippen molar-refractivity contribution in [3.8, 4) is 0 Å². The van der Waals surface area contributed by atoms with Crippen molar-refractivity contribution in [2.45, 2.75) is 70.8 Å². The molecule has 3 heterocycles. The van der Waals surface area contributed by atoms with Crippen LogP contribution < -0.4 is 5.56 Å². The molecule has 1 saturated heterocycles. The van der Waals surface area contributed by atoms with Crippen molar-refractivity contribution in [2.75, 3.05) is 13.1 Å². The van der Waals surface area contributed by atoms with E-state index in [1.165, 1.54) is 16.9 Å². The van der Waals surface area contributed by atoms with E-state index in [4.69, 9.17) is 9.72 Å². The quantitative estimate of drug-likeness (QED) is 0.800. The van der Waals surface area contributed by atoms with Gasteiger partial charge in [-0.2, -0.15) is 0 Å². The monoisotopic (exact) mass is 389 g/mol. The summed E-state index contributed by atoms with van der Waals surface area (Å²) >= 11 is 1.67. The second kappa shape index (κ2) is 6.93. The lowest BCUT2D eigenvalue weighted by atomic mass is 9.96. The summed E-state index contributed by atoms with van der Waals surface area (Å²) in [6, 6.07) is 0. The number of likely N-dealkylation sites (tertiary alicyclic amines) is 1. The molecule has 1 aliphatic heterocycles. The van der Waals surface area contributed by atoms with Gasteiger partial charge in [0.1, 0.15) is 16.3 Å². The maximum atomic E-state index is 12.8. The maximum absolute atomic E-state index is 12.8. The van der Waals surface area contributed by atoms with Crippen LogP contribution in [0.5, 0.6) is 0 Å². The molecule has 1 N–H and O–H groups in total. The van der Waals surface area contributed by atoms with E-state index in [-0.39, 0.29) is 17.6 Å². The number of rotatable bonds is 1. The Hall–Kier alpha value is -1.89. The summed E-state index contributed by atoms with van der Waals surface area (Å²) in [5.74, 6) is 0.752. The van der Waals surface area contributed by atoms with Gasteiger partial charge in [0.2, 0.25) is 0 Å². The Morgan fingerprint density at radius 1 is 1.26 bits per heavy atom. The van der Waals surface area contributed by atoms with E-state index in [2.05, 4.69) is 4.98 Å². The molecule has 1 aliphatic carbocycles. The highest BCUT2D eigenvalue weighted by molar-refractivity contribution is 7.18. The summed E-state index contributed by atoms with van der Waals surface area (Å²) in [6.07, 6.45) is 5.88. The number of hydrogen-bond donors (Lipinski definition) is 1. The lowest BCUT2D eigenvalue weighted by molar-refractivity contribution is 0.0196. The maximum Gasteiger partial charge on any atom is 0.410 e. The first kappa shape index (κ1) is 18.5. The van der Waals surface area contributed by atoms with Crippen LogP contribution in [0.2, 0.25) is 0 Å². The number of aromatic amines is 1. The molecule has 27 heavy (non-hydrogen) atoms. The van der Waals surface area contributed by atoms with Gasteiger partial charge in [-0.15, -0.1) is 11.3 Å². The molecule has 0 bridgehead atoms. The van der Waals surface area contributed by atoms with Gasteiger partial charge in [0.05, 0.1) is 5.39 Å². The van der Waals surface area contributed by atoms with Crippen LogP contribution in [0.3, 0.4) is 0 Å². The molecule has 6 nitrogen and oxygen atoms in total. The van der Waals surface area contributed by atoms with Crippen LogP contribution >= 0.6 is 11.3 Å². The third-order valence-corrected chi connectivity index (χ3v) is 6.49. The molecule has 1 amide bonds. The van der Waals surface area contributed by atoms with Crippen LogP contribution in [0.15, 0.2) is 4.79 Å². The molecule has 2 aliphatic rings. The van der Waals surface area contributed by atoms with E-state index in [0.717, 1.165) is 42.3 Å². The highest BCUT2D eigenvalue weighted by Gasteiger charge is 2.30. The second-order valence-electron chi connectivity index (χ2n) is 8.61. The first-order valence-electron chi connectivity index (χ1n) is 9.84. The minimum atomic E-state index is -0.508. The zero-order chi connectivity index (χ0) is 19.2. The molecule has 0 spiro atoms. The van der Waals surface area contributed by atoms with Gasteiger partial charge in [-0.25, -0.2) is 9.78 Å². The van der Waals surface area contributed by atoms with Crippen molar-refractivity contribution in [3.05, 3.63) is 26.6 Å². The molecular formula is C20H27N3O3S. The van der Waals surface area contributed by atoms with Crippen molar-refractivity contribution < 1.29 is 9.53 Å². The van der Waals surface area contributed by atoms with Crippen molar-refractivity contribution in [1.82, 2.24) is 14.9 Å². The highest BCUT2D eigenvalue weighted by atomic mass is 32.1. The molecule has 146 valence electrons. The van der Waals surface area contributed by atoms with Crippen LogP contribution in [0.1, 0.15) is 68.6 Å². The summed E-state index contributed by atoms with van der Waals surface area (Å²) in [5, 5.41) is 0.790. The predicted molar refractivity (Wildman–Crippen MR) is 107 cm³/mol. The van der Waals surface area contributed by atoms with Crippen LogP contribution in [0, 0.1) is 0 Å². The number of carbonyl (C=O) groups excluding carboxylic acids is 1. The van der Waals surface area contributed by atoms with Crippen molar-refractivity contribution in [1.29, 1.82) is 0 Å². The van der Waals surface area contributed by atoms with E-state index < -0.39 is 5.60 Å². The third-order valence-electron chi connectivity index (χ3n) is 5.30. The number of ether oxygens (including phenoxy) is 1. The molecule has 7 heteroatoms. The van der Waals surface area contributed by atoms with Crippen molar-refractivity contribution in [2.24, 2.45) is 0 Å².